The maximum Gasteiger partial charge on any atom is 0.0684 e. The predicted octanol–water partition coefficient (Wildman–Crippen LogP) is 5.22. The lowest BCUT2D eigenvalue weighted by Gasteiger charge is -2.22. The molecule has 0 fully saturated rings. The van der Waals surface area contributed by atoms with Gasteiger partial charge in [0.1, 0.15) is 0 Å². The Kier molecular flexibility index (Phi) is 8.50. The quantitative estimate of drug-likeness (QED) is 0.655. The summed E-state index contributed by atoms with van der Waals surface area (Å²) in [6.45, 7) is 12.7. The van der Waals surface area contributed by atoms with E-state index in [1.165, 1.54) is 11.4 Å². The Morgan fingerprint density at radius 2 is 0.920 bits per heavy atom. The number of hydrogen-bond acceptors (Lipinski definition) is 3. The lowest BCUT2D eigenvalue weighted by Crippen LogP contribution is -2.22. The topological polar surface area (TPSA) is 30.3 Å². The van der Waals surface area contributed by atoms with Crippen molar-refractivity contribution in [3.8, 4) is 0 Å². The molecule has 0 saturated carbocycles. The van der Waals surface area contributed by atoms with Crippen LogP contribution in [0.2, 0.25) is 0 Å². The highest BCUT2D eigenvalue weighted by atomic mass is 35.5. The van der Waals surface area contributed by atoms with Crippen LogP contribution in [0.25, 0.3) is 0 Å². The molecule has 136 valence electrons. The van der Waals surface area contributed by atoms with Gasteiger partial charge in [0.25, 0.3) is 0 Å². The van der Waals surface area contributed by atoms with E-state index in [1.54, 1.807) is 0 Å². The fourth-order valence-corrected chi connectivity index (χ4v) is 3.02. The van der Waals surface area contributed by atoms with Crippen molar-refractivity contribution in [3.05, 3.63) is 59.7 Å². The zero-order chi connectivity index (χ0) is 17.5. The maximum atomic E-state index is 8.48. The fourth-order valence-electron chi connectivity index (χ4n) is 3.02. The van der Waals surface area contributed by atoms with E-state index >= 15 is 0 Å². The number of nitrogens with one attached hydrogen (secondary N) is 1. The molecular weight excluding hydrogens is 330 g/mol. The average Bonchev–Trinajstić information content (AvgIpc) is 2.64. The smallest absolute Gasteiger partial charge is 0.0684 e. The first-order valence-corrected chi connectivity index (χ1v) is 8.93. The lowest BCUT2D eigenvalue weighted by molar-refractivity contribution is 0.866. The van der Waals surface area contributed by atoms with Crippen molar-refractivity contribution in [2.75, 3.05) is 36.0 Å². The Morgan fingerprint density at radius 3 is 1.16 bits per heavy atom. The number of rotatable bonds is 8. The third-order valence-electron chi connectivity index (χ3n) is 4.57. The van der Waals surface area contributed by atoms with Crippen LogP contribution in [0.15, 0.2) is 48.5 Å². The molecule has 0 spiro atoms. The van der Waals surface area contributed by atoms with Gasteiger partial charge in [-0.2, -0.15) is 0 Å². The van der Waals surface area contributed by atoms with Gasteiger partial charge >= 0.3 is 0 Å². The van der Waals surface area contributed by atoms with Crippen molar-refractivity contribution in [2.24, 2.45) is 0 Å². The monoisotopic (exact) mass is 359 g/mol. The van der Waals surface area contributed by atoms with Crippen molar-refractivity contribution in [1.82, 2.24) is 0 Å². The maximum absolute atomic E-state index is 8.48. The molecule has 0 unspecified atom stereocenters. The van der Waals surface area contributed by atoms with Gasteiger partial charge in [0.15, 0.2) is 0 Å². The molecule has 0 heterocycles. The van der Waals surface area contributed by atoms with Crippen molar-refractivity contribution < 1.29 is 0 Å². The molecule has 0 atom stereocenters. The van der Waals surface area contributed by atoms with E-state index in [9.17, 15) is 0 Å². The molecule has 0 saturated heterocycles. The molecule has 0 aromatic heterocycles. The van der Waals surface area contributed by atoms with Crippen LogP contribution in [0.1, 0.15) is 38.8 Å². The highest BCUT2D eigenvalue weighted by Crippen LogP contribution is 2.19. The summed E-state index contributed by atoms with van der Waals surface area (Å²) in [7, 11) is 0. The fraction of sp³-hybridized carbons (Fsp3) is 0.381. The number of halogens is 1. The number of anilines is 2. The van der Waals surface area contributed by atoms with Gasteiger partial charge in [-0.25, -0.2) is 0 Å². The van der Waals surface area contributed by atoms with Gasteiger partial charge in [-0.05, 0) is 52.0 Å². The SMILES string of the molecule is CCN(CC)c1ccc(C(=N)c2ccc(N(CC)CC)cc2)cc1.Cl. The van der Waals surface area contributed by atoms with Crippen LogP contribution in [0.3, 0.4) is 0 Å². The van der Waals surface area contributed by atoms with E-state index in [4.69, 9.17) is 5.41 Å². The normalized spacial score (nSPS) is 10.1. The molecule has 0 aliphatic carbocycles. The summed E-state index contributed by atoms with van der Waals surface area (Å²) < 4.78 is 0. The van der Waals surface area contributed by atoms with Gasteiger partial charge in [0.05, 0.1) is 5.71 Å². The van der Waals surface area contributed by atoms with Crippen LogP contribution < -0.4 is 9.80 Å². The van der Waals surface area contributed by atoms with Gasteiger partial charge in [-0.1, -0.05) is 24.3 Å². The van der Waals surface area contributed by atoms with Crippen LogP contribution in [-0.4, -0.2) is 31.9 Å². The minimum absolute atomic E-state index is 0. The van der Waals surface area contributed by atoms with E-state index in [2.05, 4.69) is 61.8 Å². The number of benzene rings is 2. The van der Waals surface area contributed by atoms with Crippen molar-refractivity contribution >= 4 is 29.5 Å². The van der Waals surface area contributed by atoms with Gasteiger partial charge in [-0.15, -0.1) is 12.4 Å². The Hall–Kier alpha value is -2.00. The van der Waals surface area contributed by atoms with E-state index in [0.29, 0.717) is 5.71 Å². The molecule has 4 heteroatoms. The van der Waals surface area contributed by atoms with Gasteiger partial charge in [0, 0.05) is 48.7 Å². The summed E-state index contributed by atoms with van der Waals surface area (Å²) in [4.78, 5) is 4.62. The molecule has 2 rings (SSSR count). The molecule has 0 radical (unpaired) electrons. The van der Waals surface area contributed by atoms with Crippen LogP contribution in [-0.2, 0) is 0 Å². The minimum Gasteiger partial charge on any atom is -0.372 e. The molecule has 0 bridgehead atoms. The second-order valence-corrected chi connectivity index (χ2v) is 5.81. The van der Waals surface area contributed by atoms with Crippen LogP contribution >= 0.6 is 12.4 Å². The average molecular weight is 360 g/mol. The summed E-state index contributed by atoms with van der Waals surface area (Å²) in [5, 5.41) is 8.48. The Bertz CT molecular complexity index is 584. The standard InChI is InChI=1S/C21H29N3.ClH/c1-5-23(6-2)19-13-9-17(10-14-19)21(22)18-11-15-20(16-12-18)24(7-3)8-4;/h9-16,22H,5-8H2,1-4H3;1H. The van der Waals surface area contributed by atoms with Crippen molar-refractivity contribution in [3.63, 3.8) is 0 Å². The van der Waals surface area contributed by atoms with Crippen molar-refractivity contribution in [2.45, 2.75) is 27.7 Å². The lowest BCUT2D eigenvalue weighted by atomic mass is 10.0. The first-order chi connectivity index (χ1) is 11.6. The van der Waals surface area contributed by atoms with E-state index in [0.717, 1.165) is 37.3 Å². The predicted molar refractivity (Wildman–Crippen MR) is 113 cm³/mol. The first kappa shape index (κ1) is 21.0. The van der Waals surface area contributed by atoms with Crippen LogP contribution in [0.4, 0.5) is 11.4 Å². The Labute approximate surface area is 158 Å². The highest BCUT2D eigenvalue weighted by molar-refractivity contribution is 6.11. The minimum atomic E-state index is 0. The summed E-state index contributed by atoms with van der Waals surface area (Å²) in [6.07, 6.45) is 0. The molecule has 0 aliphatic rings. The van der Waals surface area contributed by atoms with E-state index in [-0.39, 0.29) is 12.4 Å². The van der Waals surface area contributed by atoms with Crippen molar-refractivity contribution in [1.29, 1.82) is 5.41 Å². The zero-order valence-corrected chi connectivity index (χ0v) is 16.6. The molecule has 3 nitrogen and oxygen atoms in total. The third kappa shape index (κ3) is 4.99. The summed E-state index contributed by atoms with van der Waals surface area (Å²) in [6, 6.07) is 16.6. The molecule has 2 aromatic rings. The molecule has 1 N–H and O–H groups in total. The summed E-state index contributed by atoms with van der Waals surface area (Å²) >= 11 is 0. The second kappa shape index (κ2) is 10.1. The van der Waals surface area contributed by atoms with E-state index in [1.807, 2.05) is 24.3 Å². The van der Waals surface area contributed by atoms with E-state index < -0.39 is 0 Å². The molecule has 2 aromatic carbocycles. The molecule has 25 heavy (non-hydrogen) atoms. The second-order valence-electron chi connectivity index (χ2n) is 5.81. The number of nitrogens with zero attached hydrogens (tertiary/aromatic N) is 2. The summed E-state index contributed by atoms with van der Waals surface area (Å²) in [5.41, 5.74) is 4.93. The first-order valence-electron chi connectivity index (χ1n) is 8.93. The highest BCUT2D eigenvalue weighted by Gasteiger charge is 2.08. The Balaban J connectivity index is 0.00000312. The van der Waals surface area contributed by atoms with Gasteiger partial charge < -0.3 is 9.80 Å². The van der Waals surface area contributed by atoms with Crippen LogP contribution in [0.5, 0.6) is 0 Å². The number of hydrogen-bond donors (Lipinski definition) is 1. The molecule has 0 amide bonds. The van der Waals surface area contributed by atoms with Gasteiger partial charge in [0.2, 0.25) is 0 Å². The zero-order valence-electron chi connectivity index (χ0n) is 15.7. The van der Waals surface area contributed by atoms with Crippen LogP contribution in [0, 0.1) is 5.41 Å². The molecular formula is C21H30ClN3. The molecule has 0 aliphatic heterocycles. The van der Waals surface area contributed by atoms with Gasteiger partial charge in [-0.3, -0.25) is 5.41 Å². The Morgan fingerprint density at radius 1 is 0.640 bits per heavy atom. The largest absolute Gasteiger partial charge is 0.372 e. The third-order valence-corrected chi connectivity index (χ3v) is 4.57. The summed E-state index contributed by atoms with van der Waals surface area (Å²) in [5.74, 6) is 0.